The number of aryl methyl sites for hydroxylation is 1. The van der Waals surface area contributed by atoms with Crippen LogP contribution in [0.1, 0.15) is 54.9 Å². The topological polar surface area (TPSA) is 107 Å². The van der Waals surface area contributed by atoms with Crippen molar-refractivity contribution in [2.24, 2.45) is 0 Å². The van der Waals surface area contributed by atoms with E-state index in [0.717, 1.165) is 52.0 Å². The predicted octanol–water partition coefficient (Wildman–Crippen LogP) is 4.95. The van der Waals surface area contributed by atoms with Crippen LogP contribution in [0.3, 0.4) is 0 Å². The molecule has 0 saturated heterocycles. The van der Waals surface area contributed by atoms with Crippen LogP contribution in [0.15, 0.2) is 42.7 Å². The maximum Gasteiger partial charge on any atom is 0.225 e. The number of fused-ring (bicyclic) bond motifs is 2. The van der Waals surface area contributed by atoms with Crippen LogP contribution in [0.25, 0.3) is 11.4 Å². The number of hydrogen-bond acceptors (Lipinski definition) is 6. The van der Waals surface area contributed by atoms with Crippen LogP contribution in [-0.2, 0) is 17.6 Å². The van der Waals surface area contributed by atoms with E-state index in [-0.39, 0.29) is 17.9 Å². The fourth-order valence-electron chi connectivity index (χ4n) is 4.87. The number of pyridine rings is 1. The number of rotatable bonds is 5. The van der Waals surface area contributed by atoms with Gasteiger partial charge in [-0.3, -0.25) is 9.48 Å². The summed E-state index contributed by atoms with van der Waals surface area (Å²) >= 11 is 0. The van der Waals surface area contributed by atoms with Crippen LogP contribution in [0.4, 0.5) is 5.82 Å². The number of ether oxygens (including phenoxy) is 2. The Balaban J connectivity index is 1.23. The minimum absolute atomic E-state index is 0.0194. The van der Waals surface area contributed by atoms with Gasteiger partial charge < -0.3 is 19.8 Å². The molecule has 1 amide bonds. The maximum atomic E-state index is 11.7. The van der Waals surface area contributed by atoms with Gasteiger partial charge in [-0.1, -0.05) is 0 Å². The number of nitrogens with zero attached hydrogens (tertiary/aromatic N) is 4. The lowest BCUT2D eigenvalue weighted by atomic mass is 9.96. The first-order valence-corrected chi connectivity index (χ1v) is 12.3. The van der Waals surface area contributed by atoms with E-state index in [1.807, 2.05) is 42.1 Å². The molecule has 2 aliphatic heterocycles. The third-order valence-corrected chi connectivity index (χ3v) is 6.63. The Morgan fingerprint density at radius 3 is 2.94 bits per heavy atom. The van der Waals surface area contributed by atoms with Gasteiger partial charge in [0.25, 0.3) is 0 Å². The first-order valence-electron chi connectivity index (χ1n) is 12.3. The highest BCUT2D eigenvalue weighted by molar-refractivity contribution is 5.93. The summed E-state index contributed by atoms with van der Waals surface area (Å²) in [5.74, 6) is 3.85. The van der Waals surface area contributed by atoms with Crippen molar-refractivity contribution in [2.45, 2.75) is 52.0 Å². The number of carbonyl (C=O) groups is 1. The lowest BCUT2D eigenvalue weighted by molar-refractivity contribution is -0.116. The van der Waals surface area contributed by atoms with Gasteiger partial charge in [0.2, 0.25) is 5.91 Å². The van der Waals surface area contributed by atoms with E-state index < -0.39 is 0 Å². The molecule has 0 saturated carbocycles. The third-order valence-electron chi connectivity index (χ3n) is 6.63. The Kier molecular flexibility index (Phi) is 5.47. The van der Waals surface area contributed by atoms with Gasteiger partial charge in [-0.25, -0.2) is 9.97 Å². The number of imidazole rings is 1. The highest BCUT2D eigenvalue weighted by Gasteiger charge is 2.26. The van der Waals surface area contributed by atoms with Crippen LogP contribution in [0, 0.1) is 6.92 Å². The molecule has 1 atom stereocenters. The molecular weight excluding hydrogens is 456 g/mol. The van der Waals surface area contributed by atoms with Gasteiger partial charge in [-0.15, -0.1) is 0 Å². The highest BCUT2D eigenvalue weighted by atomic mass is 16.5. The molecule has 4 aromatic rings. The van der Waals surface area contributed by atoms with Crippen LogP contribution < -0.4 is 14.8 Å². The van der Waals surface area contributed by atoms with Gasteiger partial charge in [0.15, 0.2) is 0 Å². The summed E-state index contributed by atoms with van der Waals surface area (Å²) in [6.45, 7) is 6.79. The highest BCUT2D eigenvalue weighted by Crippen LogP contribution is 2.37. The number of aromatic amines is 1. The number of carbonyl (C=O) groups excluding carboxylic acids is 1. The van der Waals surface area contributed by atoms with Crippen molar-refractivity contribution < 1.29 is 14.3 Å². The van der Waals surface area contributed by atoms with Crippen molar-refractivity contribution in [1.29, 1.82) is 0 Å². The molecule has 36 heavy (non-hydrogen) atoms. The van der Waals surface area contributed by atoms with Crippen molar-refractivity contribution >= 4 is 11.7 Å². The van der Waals surface area contributed by atoms with Gasteiger partial charge in [0, 0.05) is 30.4 Å². The van der Waals surface area contributed by atoms with Crippen molar-refractivity contribution in [3.63, 3.8) is 0 Å². The summed E-state index contributed by atoms with van der Waals surface area (Å²) in [5.41, 5.74) is 4.86. The van der Waals surface area contributed by atoms with Crippen LogP contribution in [0.5, 0.6) is 17.2 Å². The monoisotopic (exact) mass is 484 g/mol. The molecule has 2 aliphatic rings. The number of amides is 1. The van der Waals surface area contributed by atoms with Crippen molar-refractivity contribution in [3.8, 4) is 28.6 Å². The predicted molar refractivity (Wildman–Crippen MR) is 135 cm³/mol. The summed E-state index contributed by atoms with van der Waals surface area (Å²) in [6, 6.07) is 10.0. The molecule has 6 rings (SSSR count). The number of anilines is 1. The summed E-state index contributed by atoms with van der Waals surface area (Å²) in [5, 5.41) is 7.43. The Morgan fingerprint density at radius 1 is 1.19 bits per heavy atom. The number of benzene rings is 1. The van der Waals surface area contributed by atoms with Crippen LogP contribution in [0.2, 0.25) is 0 Å². The second-order valence-corrected chi connectivity index (χ2v) is 9.65. The smallest absolute Gasteiger partial charge is 0.225 e. The van der Waals surface area contributed by atoms with Gasteiger partial charge in [0.05, 0.1) is 23.9 Å². The summed E-state index contributed by atoms with van der Waals surface area (Å²) in [6.07, 6.45) is 5.42. The van der Waals surface area contributed by atoms with Crippen LogP contribution >= 0.6 is 0 Å². The van der Waals surface area contributed by atoms with E-state index in [9.17, 15) is 4.79 Å². The normalized spacial score (nSPS) is 16.8. The molecule has 184 valence electrons. The zero-order chi connectivity index (χ0) is 24.8. The molecule has 5 heterocycles. The standard InChI is InChI=1S/C27H28N6O3/c1-15(2)33-22(10-16(3)32-33)21-13-29-26(30-21)18-11-17-12-19(4-6-23(17)35-14-18)36-24-8-9-28-27-20(24)5-7-25(34)31-27/h4,6,8-10,12-13,15,18H,5,7,11,14H2,1-3H3,(H,29,30)(H,28,31,34). The number of nitrogens with one attached hydrogen (secondary N) is 2. The van der Waals surface area contributed by atoms with Gasteiger partial charge in [-0.2, -0.15) is 5.10 Å². The molecule has 0 radical (unpaired) electrons. The van der Waals surface area contributed by atoms with E-state index >= 15 is 0 Å². The largest absolute Gasteiger partial charge is 0.493 e. The quantitative estimate of drug-likeness (QED) is 0.415. The fourth-order valence-corrected chi connectivity index (χ4v) is 4.87. The average Bonchev–Trinajstić information content (AvgIpc) is 3.50. The molecular formula is C27H28N6O3. The fraction of sp³-hybridized carbons (Fsp3) is 0.333. The molecule has 9 nitrogen and oxygen atoms in total. The number of aromatic nitrogens is 5. The van der Waals surface area contributed by atoms with Gasteiger partial charge in [-0.05, 0) is 69.5 Å². The van der Waals surface area contributed by atoms with E-state index in [0.29, 0.717) is 31.0 Å². The van der Waals surface area contributed by atoms with Gasteiger partial charge in [0.1, 0.15) is 34.6 Å². The zero-order valence-electron chi connectivity index (χ0n) is 20.5. The van der Waals surface area contributed by atoms with Gasteiger partial charge >= 0.3 is 0 Å². The van der Waals surface area contributed by atoms with E-state index in [1.54, 1.807) is 6.20 Å². The van der Waals surface area contributed by atoms with E-state index in [1.165, 1.54) is 0 Å². The molecule has 0 fully saturated rings. The third kappa shape index (κ3) is 4.10. The second-order valence-electron chi connectivity index (χ2n) is 9.65. The minimum Gasteiger partial charge on any atom is -0.493 e. The summed E-state index contributed by atoms with van der Waals surface area (Å²) in [7, 11) is 0. The molecule has 1 unspecified atom stereocenters. The molecule has 2 N–H and O–H groups in total. The molecule has 1 aromatic carbocycles. The molecule has 3 aromatic heterocycles. The minimum atomic E-state index is -0.0194. The zero-order valence-corrected chi connectivity index (χ0v) is 20.5. The average molecular weight is 485 g/mol. The van der Waals surface area contributed by atoms with Crippen molar-refractivity contribution in [2.75, 3.05) is 11.9 Å². The van der Waals surface area contributed by atoms with E-state index in [4.69, 9.17) is 14.5 Å². The Bertz CT molecular complexity index is 1450. The SMILES string of the molecule is Cc1cc(-c2c[nH]c(C3COc4ccc(Oc5ccnc6c5CCC(=O)N6)cc4C3)n2)n(C(C)C)n1. The second kappa shape index (κ2) is 8.82. The lowest BCUT2D eigenvalue weighted by Crippen LogP contribution is -2.21. The van der Waals surface area contributed by atoms with Crippen LogP contribution in [-0.4, -0.2) is 37.2 Å². The Labute approximate surface area is 208 Å². The molecule has 0 spiro atoms. The number of hydrogen-bond donors (Lipinski definition) is 2. The van der Waals surface area contributed by atoms with E-state index in [2.05, 4.69) is 40.3 Å². The van der Waals surface area contributed by atoms with Crippen molar-refractivity contribution in [3.05, 3.63) is 65.4 Å². The Morgan fingerprint density at radius 2 is 2.08 bits per heavy atom. The lowest BCUT2D eigenvalue weighted by Gasteiger charge is -2.25. The Hall–Kier alpha value is -4.14. The summed E-state index contributed by atoms with van der Waals surface area (Å²) < 4.78 is 14.3. The molecule has 9 heteroatoms. The van der Waals surface area contributed by atoms with Crippen molar-refractivity contribution in [1.82, 2.24) is 24.7 Å². The first-order chi connectivity index (χ1) is 17.4. The molecule has 0 bridgehead atoms. The number of H-pyrrole nitrogens is 1. The summed E-state index contributed by atoms with van der Waals surface area (Å²) in [4.78, 5) is 24.3. The maximum absolute atomic E-state index is 11.7. The first kappa shape index (κ1) is 22.3. The molecule has 0 aliphatic carbocycles.